The van der Waals surface area contributed by atoms with Crippen molar-refractivity contribution in [3.05, 3.63) is 58.4 Å². The van der Waals surface area contributed by atoms with Gasteiger partial charge in [0.25, 0.3) is 0 Å². The molecule has 2 N–H and O–H groups in total. The van der Waals surface area contributed by atoms with Crippen molar-refractivity contribution in [1.82, 2.24) is 5.32 Å². The van der Waals surface area contributed by atoms with E-state index in [2.05, 4.69) is 20.8 Å². The van der Waals surface area contributed by atoms with E-state index in [-0.39, 0.29) is 24.1 Å². The third-order valence-electron chi connectivity index (χ3n) is 4.45. The molecule has 0 radical (unpaired) electrons. The van der Waals surface area contributed by atoms with E-state index in [1.165, 1.54) is 19.2 Å². The van der Waals surface area contributed by atoms with Crippen LogP contribution in [0.4, 0.5) is 10.1 Å². The van der Waals surface area contributed by atoms with Gasteiger partial charge in [-0.05, 0) is 43.2 Å². The monoisotopic (exact) mass is 462 g/mol. The molecule has 2 aromatic rings. The number of nitrogens with zero attached hydrogens (tertiary/aromatic N) is 2. The first-order valence-corrected chi connectivity index (χ1v) is 10.5. The van der Waals surface area contributed by atoms with Gasteiger partial charge in [0.2, 0.25) is 11.8 Å². The molecule has 0 bridgehead atoms. The lowest BCUT2D eigenvalue weighted by Crippen LogP contribution is -2.28. The molecule has 7 nitrogen and oxygen atoms in total. The van der Waals surface area contributed by atoms with E-state index in [0.29, 0.717) is 32.9 Å². The van der Waals surface area contributed by atoms with Gasteiger partial charge in [0.05, 0.1) is 18.5 Å². The summed E-state index contributed by atoms with van der Waals surface area (Å²) >= 11 is 7.20. The number of hydrogen-bond donors (Lipinski definition) is 2. The number of nitrogens with one attached hydrogen (secondary N) is 2. The highest BCUT2D eigenvalue weighted by atomic mass is 35.5. The van der Waals surface area contributed by atoms with E-state index in [1.54, 1.807) is 31.2 Å². The summed E-state index contributed by atoms with van der Waals surface area (Å²) in [4.78, 5) is 24.7. The first-order chi connectivity index (χ1) is 14.8. The number of rotatable bonds is 6. The molecule has 3 rings (SSSR count). The van der Waals surface area contributed by atoms with Crippen molar-refractivity contribution in [3.63, 3.8) is 0 Å². The normalized spacial score (nSPS) is 17.6. The Kier molecular flexibility index (Phi) is 7.29. The Hall–Kier alpha value is -2.91. The summed E-state index contributed by atoms with van der Waals surface area (Å²) in [6.07, 6.45) is -0.0546. The topological polar surface area (TPSA) is 92.2 Å². The molecular weight excluding hydrogens is 443 g/mol. The number of amidine groups is 1. The van der Waals surface area contributed by atoms with Gasteiger partial charge in [0.15, 0.2) is 5.17 Å². The maximum Gasteiger partial charge on any atom is 0.240 e. The summed E-state index contributed by atoms with van der Waals surface area (Å²) < 4.78 is 18.3. The molecule has 0 aromatic heterocycles. The standard InChI is InChI=1S/C21H20ClFN4O3S/c1-11-8-16(17(30-3)9-15(11)22)24-19(28)10-18-20(29)25-21(31-18)27-26-12(2)13-4-6-14(23)7-5-13/h4-9,18H,10H2,1-3H3,(H,24,28)(H,25,27,29). The van der Waals surface area contributed by atoms with Gasteiger partial charge in [-0.1, -0.05) is 35.5 Å². The van der Waals surface area contributed by atoms with Gasteiger partial charge >= 0.3 is 0 Å². The molecule has 1 aliphatic heterocycles. The fraction of sp³-hybridized carbons (Fsp3) is 0.238. The van der Waals surface area contributed by atoms with Crippen LogP contribution in [0.3, 0.4) is 0 Å². The summed E-state index contributed by atoms with van der Waals surface area (Å²) in [5, 5.41) is 13.7. The number of thioether (sulfide) groups is 1. The number of amides is 2. The Morgan fingerprint density at radius 2 is 2.03 bits per heavy atom. The second-order valence-corrected chi connectivity index (χ2v) is 8.35. The van der Waals surface area contributed by atoms with Gasteiger partial charge < -0.3 is 15.4 Å². The zero-order chi connectivity index (χ0) is 22.5. The Morgan fingerprint density at radius 3 is 2.71 bits per heavy atom. The number of aryl methyl sites for hydroxylation is 1. The lowest BCUT2D eigenvalue weighted by molar-refractivity contribution is -0.122. The summed E-state index contributed by atoms with van der Waals surface area (Å²) in [5.74, 6) is -0.581. The van der Waals surface area contributed by atoms with Crippen molar-refractivity contribution in [1.29, 1.82) is 0 Å². The molecule has 10 heteroatoms. The van der Waals surface area contributed by atoms with Gasteiger partial charge in [-0.15, -0.1) is 5.10 Å². The largest absolute Gasteiger partial charge is 0.495 e. The molecule has 0 saturated carbocycles. The summed E-state index contributed by atoms with van der Waals surface area (Å²) in [5.41, 5.74) is 2.54. The number of benzene rings is 2. The molecule has 2 aromatic carbocycles. The Bertz CT molecular complexity index is 1070. The van der Waals surface area contributed by atoms with Gasteiger partial charge in [0.1, 0.15) is 16.8 Å². The van der Waals surface area contributed by atoms with Crippen molar-refractivity contribution in [2.45, 2.75) is 25.5 Å². The molecule has 162 valence electrons. The molecule has 2 amide bonds. The van der Waals surface area contributed by atoms with E-state index in [4.69, 9.17) is 16.3 Å². The molecule has 1 fully saturated rings. The van der Waals surface area contributed by atoms with Crippen LogP contribution in [-0.4, -0.2) is 35.1 Å². The fourth-order valence-electron chi connectivity index (χ4n) is 2.76. The Balaban J connectivity index is 1.63. The van der Waals surface area contributed by atoms with Crippen molar-refractivity contribution >= 4 is 51.7 Å². The van der Waals surface area contributed by atoms with Crippen molar-refractivity contribution < 1.29 is 18.7 Å². The average molecular weight is 463 g/mol. The number of ether oxygens (including phenoxy) is 1. The van der Waals surface area contributed by atoms with Crippen molar-refractivity contribution in [3.8, 4) is 5.75 Å². The number of carbonyl (C=O) groups excluding carboxylic acids is 2. The Morgan fingerprint density at radius 1 is 1.32 bits per heavy atom. The summed E-state index contributed by atoms with van der Waals surface area (Å²) in [7, 11) is 1.48. The molecule has 1 saturated heterocycles. The highest BCUT2D eigenvalue weighted by molar-refractivity contribution is 8.15. The van der Waals surface area contributed by atoms with Crippen LogP contribution < -0.4 is 15.4 Å². The van der Waals surface area contributed by atoms with Gasteiger partial charge in [-0.25, -0.2) is 4.39 Å². The highest BCUT2D eigenvalue weighted by Gasteiger charge is 2.32. The smallest absolute Gasteiger partial charge is 0.240 e. The number of carbonyl (C=O) groups is 2. The molecule has 0 spiro atoms. The van der Waals surface area contributed by atoms with Crippen LogP contribution in [0, 0.1) is 12.7 Å². The quantitative estimate of drug-likeness (QED) is 0.498. The predicted molar refractivity (Wildman–Crippen MR) is 122 cm³/mol. The van der Waals surface area contributed by atoms with Crippen LogP contribution in [0.25, 0.3) is 0 Å². The second kappa shape index (κ2) is 9.93. The molecule has 31 heavy (non-hydrogen) atoms. The molecule has 1 atom stereocenters. The van der Waals surface area contributed by atoms with Crippen LogP contribution >= 0.6 is 23.4 Å². The minimum Gasteiger partial charge on any atom is -0.495 e. The van der Waals surface area contributed by atoms with Crippen molar-refractivity contribution in [2.24, 2.45) is 10.2 Å². The lowest BCUT2D eigenvalue weighted by atomic mass is 10.1. The second-order valence-electron chi connectivity index (χ2n) is 6.75. The van der Waals surface area contributed by atoms with E-state index in [9.17, 15) is 14.0 Å². The van der Waals surface area contributed by atoms with Crippen LogP contribution in [0.15, 0.2) is 46.6 Å². The molecule has 1 heterocycles. The third kappa shape index (κ3) is 5.83. The van der Waals surface area contributed by atoms with Crippen LogP contribution in [-0.2, 0) is 9.59 Å². The summed E-state index contributed by atoms with van der Waals surface area (Å²) in [6.45, 7) is 3.54. The average Bonchev–Trinajstić information content (AvgIpc) is 3.08. The van der Waals surface area contributed by atoms with E-state index < -0.39 is 5.25 Å². The third-order valence-corrected chi connectivity index (χ3v) is 5.93. The minimum atomic E-state index is -0.639. The summed E-state index contributed by atoms with van der Waals surface area (Å²) in [6, 6.07) is 9.18. The number of methoxy groups -OCH3 is 1. The van der Waals surface area contributed by atoms with Gasteiger partial charge in [-0.2, -0.15) is 5.10 Å². The van der Waals surface area contributed by atoms with Crippen LogP contribution in [0.2, 0.25) is 5.02 Å². The zero-order valence-corrected chi connectivity index (χ0v) is 18.6. The maximum atomic E-state index is 13.0. The molecule has 0 aliphatic carbocycles. The lowest BCUT2D eigenvalue weighted by Gasteiger charge is -2.13. The van der Waals surface area contributed by atoms with Gasteiger partial charge in [-0.3, -0.25) is 9.59 Å². The zero-order valence-electron chi connectivity index (χ0n) is 17.0. The molecular formula is C21H20ClFN4O3S. The van der Waals surface area contributed by atoms with Crippen molar-refractivity contribution in [2.75, 3.05) is 12.4 Å². The van der Waals surface area contributed by atoms with E-state index >= 15 is 0 Å². The number of hydrogen-bond acceptors (Lipinski definition) is 6. The van der Waals surface area contributed by atoms with Gasteiger partial charge in [0, 0.05) is 17.5 Å². The molecule has 1 aliphatic rings. The van der Waals surface area contributed by atoms with E-state index in [1.807, 2.05) is 6.92 Å². The van der Waals surface area contributed by atoms with Crippen LogP contribution in [0.5, 0.6) is 5.75 Å². The first kappa shape index (κ1) is 22.8. The predicted octanol–water partition coefficient (Wildman–Crippen LogP) is 4.14. The fourth-order valence-corrected chi connectivity index (χ4v) is 3.83. The van der Waals surface area contributed by atoms with Crippen LogP contribution in [0.1, 0.15) is 24.5 Å². The number of anilines is 1. The maximum absolute atomic E-state index is 13.0. The number of halogens is 2. The SMILES string of the molecule is COc1cc(Cl)c(C)cc1NC(=O)CC1S/C(=N/N=C(C)c2ccc(F)cc2)NC1=O. The highest BCUT2D eigenvalue weighted by Crippen LogP contribution is 2.31. The first-order valence-electron chi connectivity index (χ1n) is 9.26. The Labute approximate surface area is 188 Å². The molecule has 1 unspecified atom stereocenters. The minimum absolute atomic E-state index is 0.0546. The van der Waals surface area contributed by atoms with E-state index in [0.717, 1.165) is 17.3 Å².